The second-order valence-corrected chi connectivity index (χ2v) is 6.15. The van der Waals surface area contributed by atoms with Crippen LogP contribution in [0.2, 0.25) is 0 Å². The zero-order valence-corrected chi connectivity index (χ0v) is 12.8. The molecule has 0 radical (unpaired) electrons. The summed E-state index contributed by atoms with van der Waals surface area (Å²) in [7, 11) is 0. The lowest BCUT2D eigenvalue weighted by Crippen LogP contribution is -2.34. The molecule has 1 unspecified atom stereocenters. The molecule has 0 aliphatic carbocycles. The summed E-state index contributed by atoms with van der Waals surface area (Å²) in [6.07, 6.45) is 0. The van der Waals surface area contributed by atoms with E-state index in [1.54, 1.807) is 11.3 Å². The number of amides is 1. The summed E-state index contributed by atoms with van der Waals surface area (Å²) in [6.45, 7) is 7.38. The Bertz CT molecular complexity index is 365. The summed E-state index contributed by atoms with van der Waals surface area (Å²) in [5.41, 5.74) is 0. The monoisotopic (exact) mass is 318 g/mol. The van der Waals surface area contributed by atoms with Gasteiger partial charge < -0.3 is 10.6 Å². The molecular weight excluding hydrogens is 300 g/mol. The normalized spacial score (nSPS) is 12.8. The van der Waals surface area contributed by atoms with Gasteiger partial charge in [-0.15, -0.1) is 11.3 Å². The SMILES string of the molecule is CC(C)C(=O)NCCNC(C)c1cc(Br)cs1. The van der Waals surface area contributed by atoms with E-state index in [1.807, 2.05) is 13.8 Å². The zero-order chi connectivity index (χ0) is 12.8. The van der Waals surface area contributed by atoms with Gasteiger partial charge >= 0.3 is 0 Å². The van der Waals surface area contributed by atoms with Crippen LogP contribution in [-0.2, 0) is 4.79 Å². The molecule has 1 amide bonds. The number of thiophene rings is 1. The Morgan fingerprint density at radius 2 is 2.12 bits per heavy atom. The molecule has 0 bridgehead atoms. The summed E-state index contributed by atoms with van der Waals surface area (Å²) < 4.78 is 1.12. The van der Waals surface area contributed by atoms with Gasteiger partial charge in [0.25, 0.3) is 0 Å². The first kappa shape index (κ1) is 14.7. The van der Waals surface area contributed by atoms with E-state index in [2.05, 4.69) is 44.9 Å². The Kier molecular flexibility index (Phi) is 6.16. The topological polar surface area (TPSA) is 41.1 Å². The lowest BCUT2D eigenvalue weighted by Gasteiger charge is -2.13. The molecule has 17 heavy (non-hydrogen) atoms. The summed E-state index contributed by atoms with van der Waals surface area (Å²) >= 11 is 5.17. The number of hydrogen-bond donors (Lipinski definition) is 2. The minimum Gasteiger partial charge on any atom is -0.355 e. The van der Waals surface area contributed by atoms with Crippen molar-refractivity contribution in [2.24, 2.45) is 5.92 Å². The van der Waals surface area contributed by atoms with E-state index >= 15 is 0 Å². The first-order chi connectivity index (χ1) is 8.00. The lowest BCUT2D eigenvalue weighted by atomic mass is 10.2. The van der Waals surface area contributed by atoms with Gasteiger partial charge in [-0.25, -0.2) is 0 Å². The molecule has 1 heterocycles. The summed E-state index contributed by atoms with van der Waals surface area (Å²) in [4.78, 5) is 12.6. The standard InChI is InChI=1S/C12H19BrN2OS/c1-8(2)12(16)15-5-4-14-9(3)11-6-10(13)7-17-11/h6-9,14H,4-5H2,1-3H3,(H,15,16). The van der Waals surface area contributed by atoms with Crippen LogP contribution in [0.15, 0.2) is 15.9 Å². The molecule has 3 nitrogen and oxygen atoms in total. The fraction of sp³-hybridized carbons (Fsp3) is 0.583. The van der Waals surface area contributed by atoms with Gasteiger partial charge in [-0.2, -0.15) is 0 Å². The van der Waals surface area contributed by atoms with Crippen LogP contribution in [0.3, 0.4) is 0 Å². The average Bonchev–Trinajstić information content (AvgIpc) is 2.70. The summed E-state index contributed by atoms with van der Waals surface area (Å²) in [5.74, 6) is 0.166. The van der Waals surface area contributed by atoms with Crippen molar-refractivity contribution < 1.29 is 4.79 Å². The van der Waals surface area contributed by atoms with Crippen LogP contribution in [0.4, 0.5) is 0 Å². The molecule has 1 atom stereocenters. The highest BCUT2D eigenvalue weighted by atomic mass is 79.9. The van der Waals surface area contributed by atoms with Crippen molar-refractivity contribution in [3.63, 3.8) is 0 Å². The third kappa shape index (κ3) is 5.19. The molecule has 0 spiro atoms. The van der Waals surface area contributed by atoms with Crippen molar-refractivity contribution in [3.8, 4) is 0 Å². The molecule has 0 saturated carbocycles. The van der Waals surface area contributed by atoms with E-state index in [-0.39, 0.29) is 11.8 Å². The number of carbonyl (C=O) groups is 1. The first-order valence-corrected chi connectivity index (χ1v) is 7.43. The Morgan fingerprint density at radius 1 is 1.41 bits per heavy atom. The van der Waals surface area contributed by atoms with E-state index in [9.17, 15) is 4.79 Å². The van der Waals surface area contributed by atoms with Crippen molar-refractivity contribution in [1.29, 1.82) is 0 Å². The molecule has 0 aliphatic heterocycles. The zero-order valence-electron chi connectivity index (χ0n) is 10.4. The third-order valence-corrected chi connectivity index (χ3v) is 4.29. The van der Waals surface area contributed by atoms with Gasteiger partial charge in [-0.1, -0.05) is 13.8 Å². The Labute approximate surface area is 115 Å². The quantitative estimate of drug-likeness (QED) is 0.792. The maximum Gasteiger partial charge on any atom is 0.222 e. The van der Waals surface area contributed by atoms with Gasteiger partial charge in [0.2, 0.25) is 5.91 Å². The van der Waals surface area contributed by atoms with Crippen molar-refractivity contribution in [3.05, 3.63) is 20.8 Å². The first-order valence-electron chi connectivity index (χ1n) is 5.75. The predicted molar refractivity (Wildman–Crippen MR) is 76.3 cm³/mol. The molecular formula is C12H19BrN2OS. The van der Waals surface area contributed by atoms with Gasteiger partial charge in [0.15, 0.2) is 0 Å². The number of rotatable bonds is 6. The minimum atomic E-state index is 0.0562. The molecule has 1 aromatic rings. The average molecular weight is 319 g/mol. The molecule has 0 fully saturated rings. The molecule has 1 rings (SSSR count). The van der Waals surface area contributed by atoms with E-state index < -0.39 is 0 Å². The van der Waals surface area contributed by atoms with Crippen LogP contribution >= 0.6 is 27.3 Å². The second-order valence-electron chi connectivity index (χ2n) is 4.29. The van der Waals surface area contributed by atoms with Crippen LogP contribution in [0.5, 0.6) is 0 Å². The lowest BCUT2D eigenvalue weighted by molar-refractivity contribution is -0.123. The summed E-state index contributed by atoms with van der Waals surface area (Å²) in [5, 5.41) is 8.35. The van der Waals surface area contributed by atoms with E-state index in [0.29, 0.717) is 12.6 Å². The minimum absolute atomic E-state index is 0.0562. The number of carbonyl (C=O) groups excluding carboxylic acids is 1. The molecule has 2 N–H and O–H groups in total. The van der Waals surface area contributed by atoms with Crippen molar-refractivity contribution in [2.45, 2.75) is 26.8 Å². The number of halogens is 1. The molecule has 1 aromatic heterocycles. The highest BCUT2D eigenvalue weighted by Gasteiger charge is 2.08. The van der Waals surface area contributed by atoms with Crippen LogP contribution in [0.1, 0.15) is 31.7 Å². The van der Waals surface area contributed by atoms with Crippen LogP contribution in [0, 0.1) is 5.92 Å². The van der Waals surface area contributed by atoms with Gasteiger partial charge in [0.05, 0.1) is 0 Å². The van der Waals surface area contributed by atoms with E-state index in [0.717, 1.165) is 11.0 Å². The smallest absolute Gasteiger partial charge is 0.222 e. The highest BCUT2D eigenvalue weighted by molar-refractivity contribution is 9.10. The van der Waals surface area contributed by atoms with Gasteiger partial charge in [-0.3, -0.25) is 4.79 Å². The van der Waals surface area contributed by atoms with Crippen molar-refractivity contribution >= 4 is 33.2 Å². The van der Waals surface area contributed by atoms with Gasteiger partial charge in [0, 0.05) is 39.8 Å². The number of hydrogen-bond acceptors (Lipinski definition) is 3. The number of nitrogens with one attached hydrogen (secondary N) is 2. The Morgan fingerprint density at radius 3 is 2.65 bits per heavy atom. The molecule has 96 valence electrons. The van der Waals surface area contributed by atoms with Gasteiger partial charge in [0.1, 0.15) is 0 Å². The maximum atomic E-state index is 11.3. The molecule has 0 aromatic carbocycles. The fourth-order valence-electron chi connectivity index (χ4n) is 1.33. The van der Waals surface area contributed by atoms with Crippen LogP contribution in [0.25, 0.3) is 0 Å². The fourth-order valence-corrected chi connectivity index (χ4v) is 2.81. The maximum absolute atomic E-state index is 11.3. The van der Waals surface area contributed by atoms with E-state index in [1.165, 1.54) is 4.88 Å². The third-order valence-electron chi connectivity index (χ3n) is 2.41. The second kappa shape index (κ2) is 7.13. The predicted octanol–water partition coefficient (Wildman–Crippen LogP) is 2.93. The highest BCUT2D eigenvalue weighted by Crippen LogP contribution is 2.24. The molecule has 0 aliphatic rings. The Hall–Kier alpha value is -0.390. The molecule has 5 heteroatoms. The summed E-state index contributed by atoms with van der Waals surface area (Å²) in [6, 6.07) is 2.44. The van der Waals surface area contributed by atoms with Crippen molar-refractivity contribution in [2.75, 3.05) is 13.1 Å². The van der Waals surface area contributed by atoms with Crippen LogP contribution in [-0.4, -0.2) is 19.0 Å². The Balaban J connectivity index is 2.21. The van der Waals surface area contributed by atoms with E-state index in [4.69, 9.17) is 0 Å². The van der Waals surface area contributed by atoms with Gasteiger partial charge in [-0.05, 0) is 28.9 Å². The largest absolute Gasteiger partial charge is 0.355 e. The van der Waals surface area contributed by atoms with Crippen LogP contribution < -0.4 is 10.6 Å². The molecule has 0 saturated heterocycles. The van der Waals surface area contributed by atoms with Crippen molar-refractivity contribution in [1.82, 2.24) is 10.6 Å².